The Kier molecular flexibility index (Phi) is 13.1. The van der Waals surface area contributed by atoms with E-state index in [2.05, 4.69) is 32.2 Å². The van der Waals surface area contributed by atoms with Crippen LogP contribution >= 0.6 is 0 Å². The van der Waals surface area contributed by atoms with Crippen molar-refractivity contribution in [1.29, 1.82) is 0 Å². The summed E-state index contributed by atoms with van der Waals surface area (Å²) in [6.45, 7) is 9.14. The highest BCUT2D eigenvalue weighted by molar-refractivity contribution is 7.93. The molecule has 4 N–H and O–H groups in total. The highest BCUT2D eigenvalue weighted by atomic mass is 32.2. The third-order valence-electron chi connectivity index (χ3n) is 13.0. The van der Waals surface area contributed by atoms with E-state index in [-0.39, 0.29) is 41.5 Å². The van der Waals surface area contributed by atoms with Gasteiger partial charge in [-0.2, -0.15) is 19.0 Å². The normalized spacial score (nSPS) is 17.5. The van der Waals surface area contributed by atoms with E-state index >= 15 is 0 Å². The zero-order valence-corrected chi connectivity index (χ0v) is 39.2. The van der Waals surface area contributed by atoms with Crippen LogP contribution in [-0.2, 0) is 23.0 Å². The molecular weight excluding hydrogens is 869 g/mol. The molecule has 350 valence electrons. The average Bonchev–Trinajstić information content (AvgIpc) is 3.95. The number of hydrogen-bond donors (Lipinski definition) is 3. The van der Waals surface area contributed by atoms with Crippen LogP contribution in [0.25, 0.3) is 27.9 Å². The minimum atomic E-state index is -4.10. The largest absolute Gasteiger partial charge is 0.457 e. The molecule has 17 nitrogen and oxygen atoms in total. The summed E-state index contributed by atoms with van der Waals surface area (Å²) in [4.78, 5) is 30.1. The molecule has 0 bridgehead atoms. The van der Waals surface area contributed by atoms with Gasteiger partial charge in [-0.25, -0.2) is 28.1 Å². The zero-order chi connectivity index (χ0) is 46.8. The number of piperidine rings is 2. The van der Waals surface area contributed by atoms with E-state index in [1.165, 1.54) is 21.3 Å². The maximum atomic E-state index is 14.9. The maximum absolute atomic E-state index is 14.9. The first kappa shape index (κ1) is 45.5. The van der Waals surface area contributed by atoms with Crippen LogP contribution in [0.15, 0.2) is 107 Å². The summed E-state index contributed by atoms with van der Waals surface area (Å²) in [6.07, 6.45) is 10.8. The smallest absolute Gasteiger partial charge is 0.251 e. The van der Waals surface area contributed by atoms with Crippen molar-refractivity contribution in [3.05, 3.63) is 123 Å². The lowest BCUT2D eigenvalue weighted by Gasteiger charge is -2.36. The lowest BCUT2D eigenvalue weighted by molar-refractivity contribution is 0.258. The average molecular weight is 927 g/mol. The van der Waals surface area contributed by atoms with Gasteiger partial charge in [-0.1, -0.05) is 36.8 Å². The summed E-state index contributed by atoms with van der Waals surface area (Å²) in [5.41, 5.74) is 11.2. The van der Waals surface area contributed by atoms with E-state index in [1.54, 1.807) is 42.2 Å². The van der Waals surface area contributed by atoms with Gasteiger partial charge in [0, 0.05) is 68.3 Å². The summed E-state index contributed by atoms with van der Waals surface area (Å²) >= 11 is 0. The van der Waals surface area contributed by atoms with Gasteiger partial charge in [-0.05, 0) is 108 Å². The molecule has 2 aliphatic heterocycles. The SMILES string of the molecule is CCc1cnn2c(NCc3ccc(=O)n(C(C)C(=C(C)C)S(=O)(=O)N4CCC[C@@H](n5nc(-c6ccc(Oc7ccccc7)cc6)c6c(N)ncnc65)C4)c3)cc(N3CCCC[C@H]3CCO)nc12. The summed E-state index contributed by atoms with van der Waals surface area (Å²) < 4.78 is 42.5. The minimum absolute atomic E-state index is 0.114. The number of pyridine rings is 1. The van der Waals surface area contributed by atoms with Gasteiger partial charge in [-0.3, -0.25) is 4.79 Å². The number of nitrogens with one attached hydrogen (secondary N) is 1. The van der Waals surface area contributed by atoms with Crippen molar-refractivity contribution in [2.24, 2.45) is 0 Å². The quantitative estimate of drug-likeness (QED) is 0.0912. The number of aromatic nitrogens is 8. The number of para-hydroxylation sites is 1. The number of aliphatic hydroxyl groups excluding tert-OH is 1. The predicted molar refractivity (Wildman–Crippen MR) is 261 cm³/mol. The summed E-state index contributed by atoms with van der Waals surface area (Å²) in [5, 5.41) is 23.7. The second kappa shape index (κ2) is 19.3. The van der Waals surface area contributed by atoms with Crippen molar-refractivity contribution >= 4 is 44.2 Å². The molecule has 0 aliphatic carbocycles. The molecule has 1 unspecified atom stereocenters. The van der Waals surface area contributed by atoms with Crippen LogP contribution in [-0.4, -0.2) is 89.0 Å². The number of hydrogen-bond acceptors (Lipinski definition) is 13. The number of ether oxygens (including phenoxy) is 1. The molecule has 2 aromatic carbocycles. The number of aryl methyl sites for hydroxylation is 1. The summed E-state index contributed by atoms with van der Waals surface area (Å²) in [6, 6.07) is 21.3. The molecule has 3 atom stereocenters. The zero-order valence-electron chi connectivity index (χ0n) is 38.4. The Morgan fingerprint density at radius 2 is 1.76 bits per heavy atom. The summed E-state index contributed by atoms with van der Waals surface area (Å²) in [5.74, 6) is 3.23. The Labute approximate surface area is 390 Å². The van der Waals surface area contributed by atoms with Crippen LogP contribution in [0.2, 0.25) is 0 Å². The van der Waals surface area contributed by atoms with Crippen molar-refractivity contribution < 1.29 is 18.3 Å². The second-order valence-corrected chi connectivity index (χ2v) is 19.5. The minimum Gasteiger partial charge on any atom is -0.457 e. The molecule has 9 rings (SSSR count). The van der Waals surface area contributed by atoms with Gasteiger partial charge >= 0.3 is 0 Å². The standard InChI is InChI=1S/C49H58N12O5S/c1-5-35-28-54-61-41(26-42(55-48(35)61)58-24-10-9-12-37(58)22-25-62)51-27-34-16-21-43(63)59(29-34)33(4)46(32(2)3)67(64,65)57-23-11-13-38(30-57)60-49-44(47(50)52-31-53-49)45(56-60)36-17-19-40(20-18-36)66-39-14-7-6-8-15-39/h6-8,14-21,26,28-29,31,33,37-38,51,62H,5,9-13,22-25,27,30H2,1-4H3,(H2,50,52,53)/t33?,37-,38+/m0/s1. The highest BCUT2D eigenvalue weighted by Gasteiger charge is 2.37. The van der Waals surface area contributed by atoms with Crippen molar-refractivity contribution in [3.8, 4) is 22.8 Å². The van der Waals surface area contributed by atoms with E-state index < -0.39 is 16.1 Å². The molecule has 0 saturated carbocycles. The number of allylic oxidation sites excluding steroid dienone is 2. The first-order valence-electron chi connectivity index (χ1n) is 23.1. The van der Waals surface area contributed by atoms with Gasteiger partial charge in [0.05, 0.1) is 28.6 Å². The second-order valence-electron chi connectivity index (χ2n) is 17.6. The molecule has 0 radical (unpaired) electrons. The van der Waals surface area contributed by atoms with Crippen LogP contribution in [0.4, 0.5) is 17.5 Å². The molecule has 18 heteroatoms. The van der Waals surface area contributed by atoms with Crippen LogP contribution in [0.1, 0.15) is 89.4 Å². The Hall–Kier alpha value is -6.63. The van der Waals surface area contributed by atoms with Gasteiger partial charge in [-0.15, -0.1) is 0 Å². The van der Waals surface area contributed by atoms with Crippen molar-refractivity contribution in [3.63, 3.8) is 0 Å². The fraction of sp³-hybridized carbons (Fsp3) is 0.388. The van der Waals surface area contributed by atoms with Gasteiger partial charge in [0.15, 0.2) is 11.3 Å². The molecular formula is C49H58N12O5S. The number of sulfonamides is 1. The van der Waals surface area contributed by atoms with Gasteiger partial charge in [0.2, 0.25) is 10.0 Å². The molecule has 2 fully saturated rings. The Morgan fingerprint density at radius 1 is 0.970 bits per heavy atom. The van der Waals surface area contributed by atoms with E-state index in [0.717, 1.165) is 72.0 Å². The number of nitrogen functional groups attached to an aromatic ring is 1. The Balaban J connectivity index is 0.961. The first-order chi connectivity index (χ1) is 32.4. The van der Waals surface area contributed by atoms with Crippen LogP contribution in [0.3, 0.4) is 0 Å². The van der Waals surface area contributed by atoms with E-state index in [4.69, 9.17) is 20.6 Å². The molecule has 2 saturated heterocycles. The molecule has 7 heterocycles. The number of rotatable bonds is 15. The number of benzene rings is 2. The lowest BCUT2D eigenvalue weighted by Crippen LogP contribution is -2.43. The third kappa shape index (κ3) is 9.12. The molecule has 67 heavy (non-hydrogen) atoms. The van der Waals surface area contributed by atoms with Gasteiger partial charge in [0.1, 0.15) is 41.0 Å². The fourth-order valence-corrected chi connectivity index (χ4v) is 11.7. The molecule has 0 spiro atoms. The van der Waals surface area contributed by atoms with Crippen molar-refractivity contribution in [2.45, 2.75) is 97.3 Å². The van der Waals surface area contributed by atoms with Gasteiger partial charge in [0.25, 0.3) is 5.56 Å². The molecule has 5 aromatic heterocycles. The number of aliphatic hydroxyl groups is 1. The van der Waals surface area contributed by atoms with E-state index in [1.807, 2.05) is 66.9 Å². The fourth-order valence-electron chi connectivity index (χ4n) is 9.67. The lowest BCUT2D eigenvalue weighted by atomic mass is 9.99. The Bertz CT molecular complexity index is 3090. The number of nitrogens with two attached hydrogens (primary N) is 1. The van der Waals surface area contributed by atoms with Crippen LogP contribution in [0.5, 0.6) is 11.5 Å². The van der Waals surface area contributed by atoms with Crippen LogP contribution in [0, 0.1) is 0 Å². The molecule has 0 amide bonds. The van der Waals surface area contributed by atoms with E-state index in [0.29, 0.717) is 60.4 Å². The van der Waals surface area contributed by atoms with Gasteiger partial charge < -0.3 is 30.4 Å². The van der Waals surface area contributed by atoms with Crippen molar-refractivity contribution in [2.75, 3.05) is 42.2 Å². The maximum Gasteiger partial charge on any atom is 0.251 e. The summed E-state index contributed by atoms with van der Waals surface area (Å²) in [7, 11) is -4.10. The molecule has 7 aromatic rings. The highest BCUT2D eigenvalue weighted by Crippen LogP contribution is 2.37. The Morgan fingerprint density at radius 3 is 2.52 bits per heavy atom. The predicted octanol–water partition coefficient (Wildman–Crippen LogP) is 7.51. The van der Waals surface area contributed by atoms with E-state index in [9.17, 15) is 18.3 Å². The monoisotopic (exact) mass is 926 g/mol. The topological polar surface area (TPSA) is 204 Å². The van der Waals surface area contributed by atoms with Crippen molar-refractivity contribution in [1.82, 2.24) is 43.2 Å². The number of nitrogens with zero attached hydrogens (tertiary/aromatic N) is 10. The third-order valence-corrected chi connectivity index (χ3v) is 15.3. The molecule has 2 aliphatic rings. The number of anilines is 3. The first-order valence-corrected chi connectivity index (χ1v) is 24.6. The van der Waals surface area contributed by atoms with Crippen LogP contribution < -0.4 is 26.2 Å². The number of fused-ring (bicyclic) bond motifs is 2.